The van der Waals surface area contributed by atoms with Crippen molar-refractivity contribution in [2.45, 2.75) is 39.2 Å². The van der Waals surface area contributed by atoms with Gasteiger partial charge in [0, 0.05) is 25.7 Å². The van der Waals surface area contributed by atoms with Gasteiger partial charge in [0.05, 0.1) is 0 Å². The Balaban J connectivity index is 4.42. The van der Waals surface area contributed by atoms with Gasteiger partial charge in [0.2, 0.25) is 0 Å². The lowest BCUT2D eigenvalue weighted by molar-refractivity contribution is 0.407. The first-order chi connectivity index (χ1) is 6.75. The summed E-state index contributed by atoms with van der Waals surface area (Å²) in [6, 6.07) is 0. The molecule has 0 amide bonds. The van der Waals surface area contributed by atoms with Crippen LogP contribution in [0.1, 0.15) is 33.6 Å². The maximum absolute atomic E-state index is 11.8. The molecule has 0 aliphatic rings. The second-order valence-corrected chi connectivity index (χ2v) is 6.15. The molecular formula is C9H23N3O2S. The Bertz CT molecular complexity index is 275. The van der Waals surface area contributed by atoms with Crippen molar-refractivity contribution in [1.82, 2.24) is 9.03 Å². The topological polar surface area (TPSA) is 75.4 Å². The number of nitrogens with zero attached hydrogens (tertiary/aromatic N) is 1. The first kappa shape index (κ1) is 14.8. The van der Waals surface area contributed by atoms with Crippen molar-refractivity contribution >= 4 is 10.2 Å². The summed E-state index contributed by atoms with van der Waals surface area (Å²) in [5.74, 6) is 0. The predicted octanol–water partition coefficient (Wildman–Crippen LogP) is 0.290. The van der Waals surface area contributed by atoms with Crippen LogP contribution in [0.5, 0.6) is 0 Å². The number of nitrogens with one attached hydrogen (secondary N) is 1. The van der Waals surface area contributed by atoms with E-state index < -0.39 is 15.7 Å². The van der Waals surface area contributed by atoms with Crippen LogP contribution in [-0.2, 0) is 10.2 Å². The molecule has 0 spiro atoms. The van der Waals surface area contributed by atoms with Gasteiger partial charge in [-0.3, -0.25) is 0 Å². The number of nitrogens with two attached hydrogens (primary N) is 1. The van der Waals surface area contributed by atoms with Gasteiger partial charge in [0.1, 0.15) is 0 Å². The van der Waals surface area contributed by atoms with E-state index in [0.29, 0.717) is 6.54 Å². The van der Waals surface area contributed by atoms with Gasteiger partial charge in [-0.1, -0.05) is 13.3 Å². The molecule has 0 unspecified atom stereocenters. The van der Waals surface area contributed by atoms with E-state index >= 15 is 0 Å². The number of hydrogen-bond donors (Lipinski definition) is 2. The fourth-order valence-electron chi connectivity index (χ4n) is 0.970. The summed E-state index contributed by atoms with van der Waals surface area (Å²) in [6.07, 6.45) is 1.83. The number of unbranched alkanes of at least 4 members (excludes halogenated alkanes) is 1. The Morgan fingerprint density at radius 2 is 1.93 bits per heavy atom. The highest BCUT2D eigenvalue weighted by Crippen LogP contribution is 2.05. The lowest BCUT2D eigenvalue weighted by atomic mass is 10.1. The molecule has 0 heterocycles. The monoisotopic (exact) mass is 237 g/mol. The van der Waals surface area contributed by atoms with Crippen LogP contribution in [0.15, 0.2) is 0 Å². The molecule has 0 radical (unpaired) electrons. The van der Waals surface area contributed by atoms with E-state index in [0.717, 1.165) is 12.8 Å². The lowest BCUT2D eigenvalue weighted by Crippen LogP contribution is -2.53. The van der Waals surface area contributed by atoms with E-state index in [2.05, 4.69) is 4.72 Å². The maximum Gasteiger partial charge on any atom is 0.279 e. The van der Waals surface area contributed by atoms with Gasteiger partial charge >= 0.3 is 0 Å². The zero-order valence-electron chi connectivity index (χ0n) is 10.1. The molecule has 0 aliphatic carbocycles. The first-order valence-corrected chi connectivity index (χ1v) is 6.64. The summed E-state index contributed by atoms with van der Waals surface area (Å²) in [5, 5.41) is 0. The third kappa shape index (κ3) is 5.46. The van der Waals surface area contributed by atoms with Crippen LogP contribution in [0.3, 0.4) is 0 Å². The minimum atomic E-state index is -3.40. The largest absolute Gasteiger partial charge is 0.329 e. The third-order valence-electron chi connectivity index (χ3n) is 2.15. The van der Waals surface area contributed by atoms with Crippen LogP contribution in [0.25, 0.3) is 0 Å². The van der Waals surface area contributed by atoms with Crippen molar-refractivity contribution in [2.24, 2.45) is 5.73 Å². The highest BCUT2D eigenvalue weighted by Gasteiger charge is 2.26. The normalized spacial score (nSPS) is 13.5. The molecule has 0 aromatic carbocycles. The fraction of sp³-hybridized carbons (Fsp3) is 1.00. The molecule has 0 aromatic rings. The molecule has 0 aliphatic heterocycles. The summed E-state index contributed by atoms with van der Waals surface area (Å²) >= 11 is 0. The van der Waals surface area contributed by atoms with Gasteiger partial charge in [-0.05, 0) is 20.3 Å². The fourth-order valence-corrected chi connectivity index (χ4v) is 2.28. The van der Waals surface area contributed by atoms with E-state index in [9.17, 15) is 8.42 Å². The van der Waals surface area contributed by atoms with Gasteiger partial charge in [-0.2, -0.15) is 17.4 Å². The average molecular weight is 237 g/mol. The minimum Gasteiger partial charge on any atom is -0.329 e. The van der Waals surface area contributed by atoms with Crippen LogP contribution in [0.4, 0.5) is 0 Å². The molecule has 0 saturated carbocycles. The van der Waals surface area contributed by atoms with E-state index in [1.165, 1.54) is 4.31 Å². The van der Waals surface area contributed by atoms with E-state index in [-0.39, 0.29) is 6.54 Å². The van der Waals surface area contributed by atoms with Crippen LogP contribution in [0, 0.1) is 0 Å². The van der Waals surface area contributed by atoms with Gasteiger partial charge in [-0.25, -0.2) is 0 Å². The molecule has 5 nitrogen and oxygen atoms in total. The summed E-state index contributed by atoms with van der Waals surface area (Å²) in [7, 11) is -1.82. The summed E-state index contributed by atoms with van der Waals surface area (Å²) < 4.78 is 27.4. The van der Waals surface area contributed by atoms with Crippen LogP contribution in [0.2, 0.25) is 0 Å². The zero-order valence-corrected chi connectivity index (χ0v) is 10.9. The van der Waals surface area contributed by atoms with E-state index in [4.69, 9.17) is 5.73 Å². The molecule has 92 valence electrons. The Labute approximate surface area is 93.2 Å². The van der Waals surface area contributed by atoms with Gasteiger partial charge < -0.3 is 5.73 Å². The van der Waals surface area contributed by atoms with Crippen molar-refractivity contribution in [3.63, 3.8) is 0 Å². The Hall–Kier alpha value is -0.170. The highest BCUT2D eigenvalue weighted by atomic mass is 32.2. The third-order valence-corrected chi connectivity index (χ3v) is 3.97. The number of hydrogen-bond acceptors (Lipinski definition) is 3. The van der Waals surface area contributed by atoms with E-state index in [1.807, 2.05) is 6.92 Å². The predicted molar refractivity (Wildman–Crippen MR) is 62.7 cm³/mol. The number of rotatable bonds is 7. The van der Waals surface area contributed by atoms with Crippen LogP contribution in [-0.4, -0.2) is 38.4 Å². The SMILES string of the molecule is CCCCN(C)S(=O)(=O)NC(C)(C)CN. The lowest BCUT2D eigenvalue weighted by Gasteiger charge is -2.27. The van der Waals surface area contributed by atoms with Crippen LogP contribution >= 0.6 is 0 Å². The maximum atomic E-state index is 11.8. The summed E-state index contributed by atoms with van der Waals surface area (Å²) in [5.41, 5.74) is 4.87. The first-order valence-electron chi connectivity index (χ1n) is 5.20. The Kier molecular flexibility index (Phi) is 5.72. The molecule has 3 N–H and O–H groups in total. The minimum absolute atomic E-state index is 0.272. The molecule has 0 fully saturated rings. The average Bonchev–Trinajstić information content (AvgIpc) is 2.12. The highest BCUT2D eigenvalue weighted by molar-refractivity contribution is 7.87. The van der Waals surface area contributed by atoms with Crippen molar-refractivity contribution in [3.05, 3.63) is 0 Å². The van der Waals surface area contributed by atoms with Gasteiger partial charge in [0.15, 0.2) is 0 Å². The molecule has 15 heavy (non-hydrogen) atoms. The molecule has 0 aromatic heterocycles. The Morgan fingerprint density at radius 1 is 1.40 bits per heavy atom. The van der Waals surface area contributed by atoms with Crippen molar-refractivity contribution in [2.75, 3.05) is 20.1 Å². The second kappa shape index (κ2) is 5.79. The summed E-state index contributed by atoms with van der Waals surface area (Å²) in [4.78, 5) is 0. The molecule has 0 rings (SSSR count). The van der Waals surface area contributed by atoms with Crippen molar-refractivity contribution < 1.29 is 8.42 Å². The molecule has 6 heteroatoms. The second-order valence-electron chi connectivity index (χ2n) is 4.37. The molecule has 0 atom stereocenters. The molecular weight excluding hydrogens is 214 g/mol. The quantitative estimate of drug-likeness (QED) is 0.668. The molecule has 0 saturated heterocycles. The van der Waals surface area contributed by atoms with Gasteiger partial charge in [0.25, 0.3) is 10.2 Å². The van der Waals surface area contributed by atoms with Crippen molar-refractivity contribution in [1.29, 1.82) is 0 Å². The van der Waals surface area contributed by atoms with Gasteiger partial charge in [-0.15, -0.1) is 0 Å². The standard InChI is InChI=1S/C9H23N3O2S/c1-5-6-7-12(4)15(13,14)11-9(2,3)8-10/h11H,5-8,10H2,1-4H3. The summed E-state index contributed by atoms with van der Waals surface area (Å²) in [6.45, 7) is 6.36. The van der Waals surface area contributed by atoms with Crippen LogP contribution < -0.4 is 10.5 Å². The zero-order chi connectivity index (χ0) is 12.1. The smallest absolute Gasteiger partial charge is 0.279 e. The molecule has 0 bridgehead atoms. The van der Waals surface area contributed by atoms with E-state index in [1.54, 1.807) is 20.9 Å². The van der Waals surface area contributed by atoms with Crippen molar-refractivity contribution in [3.8, 4) is 0 Å². The Morgan fingerprint density at radius 3 is 2.33 bits per heavy atom.